The van der Waals surface area contributed by atoms with Gasteiger partial charge in [-0.05, 0) is 36.4 Å². The fourth-order valence-electron chi connectivity index (χ4n) is 2.99. The van der Waals surface area contributed by atoms with E-state index in [1.165, 1.54) is 17.8 Å². The van der Waals surface area contributed by atoms with Crippen molar-refractivity contribution in [2.45, 2.75) is 5.16 Å². The summed E-state index contributed by atoms with van der Waals surface area (Å²) in [6.45, 7) is 0. The van der Waals surface area contributed by atoms with Crippen LogP contribution in [0.15, 0.2) is 72.0 Å². The van der Waals surface area contributed by atoms with Crippen molar-refractivity contribution in [1.82, 2.24) is 19.3 Å². The number of para-hydroxylation sites is 1. The zero-order valence-electron chi connectivity index (χ0n) is 15.4. The van der Waals surface area contributed by atoms with Gasteiger partial charge in [0.05, 0.1) is 22.2 Å². The summed E-state index contributed by atoms with van der Waals surface area (Å²) < 4.78 is 18.0. The molecule has 2 aromatic heterocycles. The molecule has 2 aromatic carbocycles. The van der Waals surface area contributed by atoms with Gasteiger partial charge in [0, 0.05) is 18.8 Å². The fraction of sp³-hybridized carbons (Fsp3) is 0.0952. The maximum atomic E-state index is 14.6. The number of rotatable bonds is 6. The molecule has 0 atom stereocenters. The van der Waals surface area contributed by atoms with Crippen molar-refractivity contribution < 1.29 is 9.18 Å². The van der Waals surface area contributed by atoms with Crippen LogP contribution in [0, 0.1) is 5.82 Å². The van der Waals surface area contributed by atoms with Crippen LogP contribution in [0.1, 0.15) is 10.5 Å². The molecule has 0 fully saturated rings. The maximum absolute atomic E-state index is 14.6. The van der Waals surface area contributed by atoms with E-state index in [4.69, 9.17) is 11.6 Å². The van der Waals surface area contributed by atoms with E-state index in [0.29, 0.717) is 32.9 Å². The summed E-state index contributed by atoms with van der Waals surface area (Å²) in [6, 6.07) is 17.1. The van der Waals surface area contributed by atoms with Crippen LogP contribution in [0.3, 0.4) is 0 Å². The SMILES string of the molecule is Cn1cccc1C(=O)CSc1nnc(-c2ccccc2Cl)n1-c1ccccc1F. The van der Waals surface area contributed by atoms with Crippen LogP contribution in [0.5, 0.6) is 0 Å². The summed E-state index contributed by atoms with van der Waals surface area (Å²) >= 11 is 7.54. The molecule has 0 saturated carbocycles. The van der Waals surface area contributed by atoms with Crippen molar-refractivity contribution in [3.63, 3.8) is 0 Å². The highest BCUT2D eigenvalue weighted by Crippen LogP contribution is 2.32. The van der Waals surface area contributed by atoms with E-state index in [0.717, 1.165) is 0 Å². The summed E-state index contributed by atoms with van der Waals surface area (Å²) in [7, 11) is 1.81. The molecule has 0 aliphatic carbocycles. The van der Waals surface area contributed by atoms with Crippen molar-refractivity contribution >= 4 is 29.1 Å². The van der Waals surface area contributed by atoms with E-state index < -0.39 is 5.82 Å². The van der Waals surface area contributed by atoms with Crippen molar-refractivity contribution in [1.29, 1.82) is 0 Å². The van der Waals surface area contributed by atoms with E-state index in [2.05, 4.69) is 10.2 Å². The second kappa shape index (κ2) is 8.23. The van der Waals surface area contributed by atoms with Gasteiger partial charge in [0.2, 0.25) is 0 Å². The molecule has 0 bridgehead atoms. The van der Waals surface area contributed by atoms with E-state index in [9.17, 15) is 9.18 Å². The summed E-state index contributed by atoms with van der Waals surface area (Å²) in [4.78, 5) is 12.6. The zero-order valence-corrected chi connectivity index (χ0v) is 17.0. The van der Waals surface area contributed by atoms with Crippen LogP contribution in [-0.2, 0) is 7.05 Å². The predicted molar refractivity (Wildman–Crippen MR) is 112 cm³/mol. The standard InChI is InChI=1S/C21H16ClFN4OS/c1-26-12-6-11-18(26)19(28)13-29-21-25-24-20(14-7-2-3-8-15(14)22)27(21)17-10-5-4-9-16(17)23/h2-12H,13H2,1H3. The van der Waals surface area contributed by atoms with Crippen LogP contribution in [0.2, 0.25) is 5.02 Å². The van der Waals surface area contributed by atoms with Crippen LogP contribution in [0.4, 0.5) is 4.39 Å². The quantitative estimate of drug-likeness (QED) is 0.320. The van der Waals surface area contributed by atoms with Crippen molar-refractivity contribution in [3.05, 3.63) is 83.4 Å². The average Bonchev–Trinajstić information content (AvgIpc) is 3.33. The summed E-state index contributed by atoms with van der Waals surface area (Å²) in [5.74, 6) is 0.0862. The first-order chi connectivity index (χ1) is 14.1. The van der Waals surface area contributed by atoms with E-state index in [-0.39, 0.29) is 11.5 Å². The first-order valence-corrected chi connectivity index (χ1v) is 10.1. The zero-order chi connectivity index (χ0) is 20.4. The van der Waals surface area contributed by atoms with Gasteiger partial charge in [0.1, 0.15) is 5.82 Å². The Hall–Kier alpha value is -2.90. The highest BCUT2D eigenvalue weighted by atomic mass is 35.5. The Morgan fingerprint density at radius 3 is 2.55 bits per heavy atom. The number of aromatic nitrogens is 4. The fourth-order valence-corrected chi connectivity index (χ4v) is 4.03. The molecule has 0 N–H and O–H groups in total. The first-order valence-electron chi connectivity index (χ1n) is 8.79. The molecule has 5 nitrogen and oxygen atoms in total. The molecule has 0 saturated heterocycles. The molecule has 146 valence electrons. The Morgan fingerprint density at radius 2 is 1.83 bits per heavy atom. The van der Waals surface area contributed by atoms with Crippen LogP contribution < -0.4 is 0 Å². The van der Waals surface area contributed by atoms with Gasteiger partial charge in [0.15, 0.2) is 16.8 Å². The molecule has 0 spiro atoms. The molecular formula is C21H16ClFN4OS. The third-order valence-corrected chi connectivity index (χ3v) is 5.66. The molecule has 2 heterocycles. The van der Waals surface area contributed by atoms with Crippen LogP contribution in [-0.4, -0.2) is 30.9 Å². The maximum Gasteiger partial charge on any atom is 0.196 e. The number of Topliss-reactive ketones (excluding diaryl/α,β-unsaturated/α-hetero) is 1. The number of halogens is 2. The molecule has 8 heteroatoms. The van der Waals surface area contributed by atoms with Crippen molar-refractivity contribution in [3.8, 4) is 17.1 Å². The summed E-state index contributed by atoms with van der Waals surface area (Å²) in [5, 5.41) is 9.36. The summed E-state index contributed by atoms with van der Waals surface area (Å²) in [5.41, 5.74) is 1.52. The second-order valence-electron chi connectivity index (χ2n) is 6.29. The van der Waals surface area contributed by atoms with Gasteiger partial charge in [0.25, 0.3) is 0 Å². The van der Waals surface area contributed by atoms with E-state index in [1.807, 2.05) is 31.4 Å². The lowest BCUT2D eigenvalue weighted by atomic mass is 10.2. The smallest absolute Gasteiger partial charge is 0.196 e. The Labute approximate surface area is 176 Å². The van der Waals surface area contributed by atoms with E-state index in [1.54, 1.807) is 45.5 Å². The van der Waals surface area contributed by atoms with Gasteiger partial charge < -0.3 is 4.57 Å². The lowest BCUT2D eigenvalue weighted by Crippen LogP contribution is -2.09. The number of carbonyl (C=O) groups is 1. The Kier molecular flexibility index (Phi) is 5.51. The minimum atomic E-state index is -0.420. The summed E-state index contributed by atoms with van der Waals surface area (Å²) in [6.07, 6.45) is 1.81. The van der Waals surface area contributed by atoms with Gasteiger partial charge in [-0.25, -0.2) is 4.39 Å². The highest BCUT2D eigenvalue weighted by molar-refractivity contribution is 7.99. The molecule has 0 radical (unpaired) electrons. The molecule has 4 rings (SSSR count). The number of ketones is 1. The normalized spacial score (nSPS) is 11.0. The monoisotopic (exact) mass is 426 g/mol. The van der Waals surface area contributed by atoms with Gasteiger partial charge in [-0.3, -0.25) is 9.36 Å². The lowest BCUT2D eigenvalue weighted by molar-refractivity contribution is 0.101. The van der Waals surface area contributed by atoms with Gasteiger partial charge in [-0.1, -0.05) is 47.6 Å². The number of benzene rings is 2. The second-order valence-corrected chi connectivity index (χ2v) is 7.64. The molecule has 0 unspecified atom stereocenters. The van der Waals surface area contributed by atoms with Crippen molar-refractivity contribution in [2.75, 3.05) is 5.75 Å². The Balaban J connectivity index is 1.75. The number of hydrogen-bond donors (Lipinski definition) is 0. The number of aryl methyl sites for hydroxylation is 1. The van der Waals surface area contributed by atoms with Gasteiger partial charge in [-0.2, -0.15) is 0 Å². The third-order valence-electron chi connectivity index (χ3n) is 4.40. The Morgan fingerprint density at radius 1 is 1.07 bits per heavy atom. The van der Waals surface area contributed by atoms with Crippen molar-refractivity contribution in [2.24, 2.45) is 7.05 Å². The number of thioether (sulfide) groups is 1. The molecule has 4 aromatic rings. The van der Waals surface area contributed by atoms with Crippen LogP contribution >= 0.6 is 23.4 Å². The van der Waals surface area contributed by atoms with Gasteiger partial charge >= 0.3 is 0 Å². The Bertz CT molecular complexity index is 1190. The van der Waals surface area contributed by atoms with Crippen LogP contribution in [0.25, 0.3) is 17.1 Å². The van der Waals surface area contributed by atoms with E-state index >= 15 is 0 Å². The average molecular weight is 427 g/mol. The molecule has 0 aliphatic heterocycles. The predicted octanol–water partition coefficient (Wildman–Crippen LogP) is 5.04. The number of hydrogen-bond acceptors (Lipinski definition) is 4. The number of carbonyl (C=O) groups excluding carboxylic acids is 1. The third kappa shape index (κ3) is 3.83. The lowest BCUT2D eigenvalue weighted by Gasteiger charge is -2.12. The first kappa shape index (κ1) is 19.4. The minimum absolute atomic E-state index is 0.0510. The highest BCUT2D eigenvalue weighted by Gasteiger charge is 2.21. The topological polar surface area (TPSA) is 52.7 Å². The molecule has 0 amide bonds. The largest absolute Gasteiger partial charge is 0.348 e. The molecular weight excluding hydrogens is 411 g/mol. The van der Waals surface area contributed by atoms with Gasteiger partial charge in [-0.15, -0.1) is 10.2 Å². The molecule has 29 heavy (non-hydrogen) atoms. The number of nitrogens with zero attached hydrogens (tertiary/aromatic N) is 4. The molecule has 0 aliphatic rings. The minimum Gasteiger partial charge on any atom is -0.348 e.